The van der Waals surface area contributed by atoms with E-state index in [2.05, 4.69) is 18.4 Å². The molecule has 0 saturated heterocycles. The van der Waals surface area contributed by atoms with E-state index < -0.39 is 0 Å². The largest absolute Gasteiger partial charge is 0.396 e. The van der Waals surface area contributed by atoms with Gasteiger partial charge >= 0.3 is 0 Å². The summed E-state index contributed by atoms with van der Waals surface area (Å²) in [5.41, 5.74) is 1.28. The lowest BCUT2D eigenvalue weighted by molar-refractivity contribution is 0.299. The smallest absolute Gasteiger partial charge is 0.0471 e. The molecule has 11 heavy (non-hydrogen) atoms. The van der Waals surface area contributed by atoms with Gasteiger partial charge in [0, 0.05) is 11.5 Å². The molecule has 0 spiro atoms. The third-order valence-corrected chi connectivity index (χ3v) is 2.24. The summed E-state index contributed by atoms with van der Waals surface area (Å²) in [6, 6.07) is 2.07. The van der Waals surface area contributed by atoms with Crippen LogP contribution >= 0.6 is 11.3 Å². The summed E-state index contributed by atoms with van der Waals surface area (Å²) < 4.78 is 0. The summed E-state index contributed by atoms with van der Waals surface area (Å²) in [7, 11) is 0. The minimum absolute atomic E-state index is 0.261. The third kappa shape index (κ3) is 3.54. The zero-order chi connectivity index (χ0) is 8.69. The molecular formula is C9H16OS. The summed E-state index contributed by atoms with van der Waals surface area (Å²) in [5.74, 6) is 0. The Balaban J connectivity index is 0.000000461. The van der Waals surface area contributed by atoms with Crippen molar-refractivity contribution in [3.8, 4) is 0 Å². The molecule has 0 fully saturated rings. The van der Waals surface area contributed by atoms with E-state index in [0.717, 1.165) is 6.42 Å². The molecule has 1 heterocycles. The molecule has 0 saturated carbocycles. The van der Waals surface area contributed by atoms with Crippen molar-refractivity contribution in [1.82, 2.24) is 0 Å². The Morgan fingerprint density at radius 2 is 2.09 bits per heavy atom. The Morgan fingerprint density at radius 3 is 2.45 bits per heavy atom. The molecule has 0 radical (unpaired) electrons. The van der Waals surface area contributed by atoms with Gasteiger partial charge in [-0.05, 0) is 30.4 Å². The lowest BCUT2D eigenvalue weighted by Gasteiger charge is -1.92. The van der Waals surface area contributed by atoms with Crippen LogP contribution in [-0.4, -0.2) is 11.7 Å². The molecule has 0 aliphatic rings. The molecule has 1 aromatic rings. The van der Waals surface area contributed by atoms with Crippen LogP contribution in [0, 0.1) is 6.92 Å². The van der Waals surface area contributed by atoms with Gasteiger partial charge in [0.25, 0.3) is 0 Å². The molecule has 0 aliphatic carbocycles. The monoisotopic (exact) mass is 172 g/mol. The highest BCUT2D eigenvalue weighted by atomic mass is 32.1. The predicted octanol–water partition coefficient (Wildman–Crippen LogP) is 2.62. The average molecular weight is 172 g/mol. The first kappa shape index (κ1) is 10.7. The first-order valence-electron chi connectivity index (χ1n) is 3.98. The molecule has 2 heteroatoms. The quantitative estimate of drug-likeness (QED) is 0.727. The zero-order valence-corrected chi connectivity index (χ0v) is 8.24. The number of aryl methyl sites for hydroxylation is 1. The normalized spacial score (nSPS) is 8.73. The number of hydrogen-bond donors (Lipinski definition) is 1. The minimum Gasteiger partial charge on any atom is -0.396 e. The van der Waals surface area contributed by atoms with Crippen molar-refractivity contribution in [2.75, 3.05) is 6.61 Å². The minimum atomic E-state index is 0.261. The number of aliphatic hydroxyl groups is 1. The molecule has 0 atom stereocenters. The predicted molar refractivity (Wildman–Crippen MR) is 51.2 cm³/mol. The van der Waals surface area contributed by atoms with Crippen molar-refractivity contribution in [2.24, 2.45) is 0 Å². The molecule has 1 aromatic heterocycles. The van der Waals surface area contributed by atoms with Crippen LogP contribution in [0.2, 0.25) is 0 Å². The van der Waals surface area contributed by atoms with Gasteiger partial charge in [0.15, 0.2) is 0 Å². The van der Waals surface area contributed by atoms with E-state index in [9.17, 15) is 0 Å². The molecular weight excluding hydrogens is 156 g/mol. The second-order valence-corrected chi connectivity index (χ2v) is 3.10. The van der Waals surface area contributed by atoms with E-state index in [0.29, 0.717) is 0 Å². The van der Waals surface area contributed by atoms with Crippen LogP contribution in [0.25, 0.3) is 0 Å². The molecule has 1 N–H and O–H groups in total. The van der Waals surface area contributed by atoms with Gasteiger partial charge in [0.1, 0.15) is 0 Å². The number of hydrogen-bond acceptors (Lipinski definition) is 2. The second-order valence-electron chi connectivity index (χ2n) is 1.98. The fourth-order valence-electron chi connectivity index (χ4n) is 0.791. The Hall–Kier alpha value is -0.340. The van der Waals surface area contributed by atoms with Crippen LogP contribution in [-0.2, 0) is 6.42 Å². The third-order valence-electron chi connectivity index (χ3n) is 1.35. The van der Waals surface area contributed by atoms with E-state index in [1.807, 2.05) is 13.8 Å². The van der Waals surface area contributed by atoms with Gasteiger partial charge in [-0.15, -0.1) is 11.3 Å². The lowest BCUT2D eigenvalue weighted by Crippen LogP contribution is -1.88. The Labute approximate surface area is 72.7 Å². The summed E-state index contributed by atoms with van der Waals surface area (Å²) >= 11 is 1.73. The molecule has 0 amide bonds. The number of aliphatic hydroxyl groups excluding tert-OH is 1. The van der Waals surface area contributed by atoms with Crippen molar-refractivity contribution in [3.05, 3.63) is 21.9 Å². The van der Waals surface area contributed by atoms with Gasteiger partial charge in [-0.3, -0.25) is 0 Å². The maximum atomic E-state index is 8.57. The van der Waals surface area contributed by atoms with Gasteiger partial charge in [-0.25, -0.2) is 0 Å². The summed E-state index contributed by atoms with van der Waals surface area (Å²) in [5, 5.41) is 10.6. The number of rotatable bonds is 2. The average Bonchev–Trinajstić information content (AvgIpc) is 2.42. The summed E-state index contributed by atoms with van der Waals surface area (Å²) in [4.78, 5) is 1.32. The maximum Gasteiger partial charge on any atom is 0.0471 e. The maximum absolute atomic E-state index is 8.57. The first-order valence-corrected chi connectivity index (χ1v) is 4.86. The van der Waals surface area contributed by atoms with Gasteiger partial charge in [-0.1, -0.05) is 13.8 Å². The molecule has 0 aliphatic heterocycles. The van der Waals surface area contributed by atoms with Crippen LogP contribution in [0.4, 0.5) is 0 Å². The molecule has 1 nitrogen and oxygen atoms in total. The van der Waals surface area contributed by atoms with Crippen LogP contribution in [0.5, 0.6) is 0 Å². The van der Waals surface area contributed by atoms with Gasteiger partial charge in [-0.2, -0.15) is 0 Å². The van der Waals surface area contributed by atoms with Crippen molar-refractivity contribution >= 4 is 11.3 Å². The molecule has 0 bridgehead atoms. The van der Waals surface area contributed by atoms with E-state index in [4.69, 9.17) is 5.11 Å². The van der Waals surface area contributed by atoms with Crippen molar-refractivity contribution in [1.29, 1.82) is 0 Å². The van der Waals surface area contributed by atoms with Crippen molar-refractivity contribution in [3.63, 3.8) is 0 Å². The van der Waals surface area contributed by atoms with E-state index in [1.165, 1.54) is 10.4 Å². The van der Waals surface area contributed by atoms with Crippen LogP contribution in [0.3, 0.4) is 0 Å². The molecule has 64 valence electrons. The lowest BCUT2D eigenvalue weighted by atomic mass is 10.2. The Morgan fingerprint density at radius 1 is 1.45 bits per heavy atom. The van der Waals surface area contributed by atoms with E-state index >= 15 is 0 Å². The highest BCUT2D eigenvalue weighted by Gasteiger charge is 1.95. The van der Waals surface area contributed by atoms with E-state index in [-0.39, 0.29) is 6.61 Å². The molecule has 1 rings (SSSR count). The highest BCUT2D eigenvalue weighted by Crippen LogP contribution is 2.14. The summed E-state index contributed by atoms with van der Waals surface area (Å²) in [6.07, 6.45) is 0.801. The fraction of sp³-hybridized carbons (Fsp3) is 0.556. The summed E-state index contributed by atoms with van der Waals surface area (Å²) in [6.45, 7) is 6.34. The number of thiophene rings is 1. The Bertz CT molecular complexity index is 181. The second kappa shape index (κ2) is 6.38. The van der Waals surface area contributed by atoms with Crippen LogP contribution < -0.4 is 0 Å². The Kier molecular flexibility index (Phi) is 6.18. The first-order chi connectivity index (χ1) is 5.34. The topological polar surface area (TPSA) is 20.2 Å². The van der Waals surface area contributed by atoms with Crippen LogP contribution in [0.1, 0.15) is 24.3 Å². The molecule has 0 unspecified atom stereocenters. The van der Waals surface area contributed by atoms with Gasteiger partial charge in [0.05, 0.1) is 0 Å². The van der Waals surface area contributed by atoms with Gasteiger partial charge in [0.2, 0.25) is 0 Å². The van der Waals surface area contributed by atoms with Crippen molar-refractivity contribution < 1.29 is 5.11 Å². The SMILES string of the molecule is CC.Cc1sccc1CCO. The fourth-order valence-corrected chi connectivity index (χ4v) is 1.55. The highest BCUT2D eigenvalue weighted by molar-refractivity contribution is 7.10. The standard InChI is InChI=1S/C7H10OS.C2H6/c1-6-7(2-4-8)3-5-9-6;1-2/h3,5,8H,2,4H2,1H3;1-2H3. The van der Waals surface area contributed by atoms with Crippen molar-refractivity contribution in [2.45, 2.75) is 27.2 Å². The van der Waals surface area contributed by atoms with Gasteiger partial charge < -0.3 is 5.11 Å². The zero-order valence-electron chi connectivity index (χ0n) is 7.42. The molecule has 0 aromatic carbocycles. The van der Waals surface area contributed by atoms with Crippen LogP contribution in [0.15, 0.2) is 11.4 Å². The van der Waals surface area contributed by atoms with E-state index in [1.54, 1.807) is 11.3 Å².